The lowest BCUT2D eigenvalue weighted by molar-refractivity contribution is 1.15. The van der Waals surface area contributed by atoms with Gasteiger partial charge in [0.15, 0.2) is 22.7 Å². The van der Waals surface area contributed by atoms with Gasteiger partial charge in [-0.15, -0.1) is 0 Å². The van der Waals surface area contributed by atoms with Gasteiger partial charge in [-0.2, -0.15) is 5.26 Å². The van der Waals surface area contributed by atoms with Gasteiger partial charge in [-0.05, 0) is 88.0 Å². The molecule has 62 heavy (non-hydrogen) atoms. The molecule has 0 saturated heterocycles. The highest BCUT2D eigenvalue weighted by molar-refractivity contribution is 6.14. The Morgan fingerprint density at radius 2 is 0.919 bits per heavy atom. The van der Waals surface area contributed by atoms with Crippen LogP contribution < -0.4 is 0 Å². The van der Waals surface area contributed by atoms with Gasteiger partial charge in [-0.1, -0.05) is 103 Å². The molecule has 8 heteroatoms. The Kier molecular flexibility index (Phi) is 8.62. The fourth-order valence-corrected chi connectivity index (χ4v) is 8.71. The standard InChI is InChI=1S/C54H26N8/c1-56-37-19-21-39(46(30-37)58-3)35-17-24-50-44(28-35)42-13-6-8-15-48(42)61(50)52-26-23-41(34-12-10-11-33(27-34)32-55)54(53(52)60-5)62-49-16-9-7-14-43(49)45-29-36(18-25-51(45)62)40-22-20-38(57-2)31-47(40)59-4/h6-31H. The molecule has 0 bridgehead atoms. The molecule has 10 rings (SSSR count). The summed E-state index contributed by atoms with van der Waals surface area (Å²) in [6.07, 6.45) is 0. The van der Waals surface area contributed by atoms with Gasteiger partial charge >= 0.3 is 0 Å². The molecule has 0 radical (unpaired) electrons. The number of nitrogens with zero attached hydrogens (tertiary/aromatic N) is 8. The van der Waals surface area contributed by atoms with Crippen LogP contribution in [0, 0.1) is 44.2 Å². The lowest BCUT2D eigenvalue weighted by atomic mass is 9.98. The second-order valence-electron chi connectivity index (χ2n) is 14.7. The predicted octanol–water partition coefficient (Wildman–Crippen LogP) is 15.5. The molecule has 0 N–H and O–H groups in total. The topological polar surface area (TPSA) is 55.4 Å². The van der Waals surface area contributed by atoms with Crippen LogP contribution in [0.3, 0.4) is 0 Å². The fourth-order valence-electron chi connectivity index (χ4n) is 8.71. The van der Waals surface area contributed by atoms with Gasteiger partial charge in [-0.25, -0.2) is 24.2 Å². The van der Waals surface area contributed by atoms with Crippen LogP contribution in [-0.4, -0.2) is 9.13 Å². The molecule has 2 aromatic heterocycles. The Morgan fingerprint density at radius 3 is 1.47 bits per heavy atom. The smallest absolute Gasteiger partial charge is 0.234 e. The van der Waals surface area contributed by atoms with Crippen molar-refractivity contribution in [1.82, 2.24) is 9.13 Å². The quantitative estimate of drug-likeness (QED) is 0.160. The van der Waals surface area contributed by atoms with Gasteiger partial charge < -0.3 is 9.13 Å². The van der Waals surface area contributed by atoms with Gasteiger partial charge in [0.25, 0.3) is 0 Å². The van der Waals surface area contributed by atoms with Gasteiger partial charge in [-0.3, -0.25) is 0 Å². The van der Waals surface area contributed by atoms with Crippen molar-refractivity contribution in [3.63, 3.8) is 0 Å². The molecule has 0 atom stereocenters. The van der Waals surface area contributed by atoms with E-state index in [1.54, 1.807) is 30.3 Å². The van der Waals surface area contributed by atoms with E-state index in [1.807, 2.05) is 103 Å². The van der Waals surface area contributed by atoms with E-state index >= 15 is 0 Å². The van der Waals surface area contributed by atoms with Crippen molar-refractivity contribution in [2.45, 2.75) is 0 Å². The average Bonchev–Trinajstić information content (AvgIpc) is 3.84. The highest BCUT2D eigenvalue weighted by Crippen LogP contribution is 2.47. The lowest BCUT2D eigenvalue weighted by Gasteiger charge is -2.20. The molecule has 282 valence electrons. The van der Waals surface area contributed by atoms with Crippen molar-refractivity contribution < 1.29 is 0 Å². The highest BCUT2D eigenvalue weighted by atomic mass is 15.1. The van der Waals surface area contributed by atoms with E-state index < -0.39 is 0 Å². The third-order valence-electron chi connectivity index (χ3n) is 11.4. The van der Waals surface area contributed by atoms with Crippen LogP contribution in [0.2, 0.25) is 0 Å². The van der Waals surface area contributed by atoms with E-state index in [1.165, 1.54) is 0 Å². The first kappa shape index (κ1) is 36.6. The first-order valence-corrected chi connectivity index (χ1v) is 19.4. The zero-order valence-electron chi connectivity index (χ0n) is 32.6. The number of benzene rings is 8. The summed E-state index contributed by atoms with van der Waals surface area (Å²) in [5.74, 6) is 0. The summed E-state index contributed by atoms with van der Waals surface area (Å²) >= 11 is 0. The average molecular weight is 787 g/mol. The first-order valence-electron chi connectivity index (χ1n) is 19.4. The summed E-state index contributed by atoms with van der Waals surface area (Å²) in [5.41, 5.74) is 12.0. The molecule has 0 aliphatic heterocycles. The molecule has 0 aliphatic rings. The molecule has 0 saturated carbocycles. The third kappa shape index (κ3) is 5.63. The summed E-state index contributed by atoms with van der Waals surface area (Å²) in [6.45, 7) is 39.7. The van der Waals surface area contributed by atoms with E-state index in [-0.39, 0.29) is 0 Å². The minimum absolute atomic E-state index is 0.396. The Hall–Kier alpha value is -9.70. The van der Waals surface area contributed by atoms with Crippen LogP contribution in [0.25, 0.3) is 113 Å². The maximum atomic E-state index is 9.98. The Balaban J connectivity index is 1.28. The second kappa shape index (κ2) is 14.6. The van der Waals surface area contributed by atoms with Crippen molar-refractivity contribution in [2.75, 3.05) is 0 Å². The van der Waals surface area contributed by atoms with Crippen molar-refractivity contribution in [1.29, 1.82) is 5.26 Å². The first-order chi connectivity index (χ1) is 30.5. The molecule has 10 aromatic rings. The van der Waals surface area contributed by atoms with Crippen molar-refractivity contribution in [3.05, 3.63) is 220 Å². The lowest BCUT2D eigenvalue weighted by Crippen LogP contribution is -2.02. The van der Waals surface area contributed by atoms with E-state index in [4.69, 9.17) is 32.9 Å². The molecule has 0 unspecified atom stereocenters. The molecule has 0 fully saturated rings. The fraction of sp³-hybridized carbons (Fsp3) is 0. The van der Waals surface area contributed by atoms with Crippen LogP contribution in [-0.2, 0) is 0 Å². The molecule has 0 aliphatic carbocycles. The van der Waals surface area contributed by atoms with Gasteiger partial charge in [0.1, 0.15) is 0 Å². The van der Waals surface area contributed by atoms with Crippen LogP contribution in [0.15, 0.2) is 158 Å². The van der Waals surface area contributed by atoms with E-state index in [9.17, 15) is 5.26 Å². The summed E-state index contributed by atoms with van der Waals surface area (Å²) in [5, 5.41) is 13.8. The summed E-state index contributed by atoms with van der Waals surface area (Å²) in [6, 6.07) is 52.4. The monoisotopic (exact) mass is 786 g/mol. The van der Waals surface area contributed by atoms with Crippen LogP contribution in [0.5, 0.6) is 0 Å². The molecule has 2 heterocycles. The molecular formula is C54H26N8. The number of hydrogen-bond donors (Lipinski definition) is 0. The summed E-state index contributed by atoms with van der Waals surface area (Å²) < 4.78 is 4.27. The largest absolute Gasteiger partial charge is 0.319 e. The van der Waals surface area contributed by atoms with Gasteiger partial charge in [0.2, 0.25) is 5.69 Å². The van der Waals surface area contributed by atoms with E-state index in [0.717, 1.165) is 77.0 Å². The minimum Gasteiger partial charge on any atom is -0.319 e. The Labute approximate surface area is 356 Å². The zero-order valence-corrected chi connectivity index (χ0v) is 32.6. The molecular weight excluding hydrogens is 761 g/mol. The third-order valence-corrected chi connectivity index (χ3v) is 11.4. The minimum atomic E-state index is 0.396. The molecule has 0 spiro atoms. The SMILES string of the molecule is [C-]#[N+]c1ccc(-c2ccc3c(c2)c2ccccc2n3-c2ccc(-c3cccc(C#N)c3)c(-n3c4ccccc4c4cc(-c5ccc([N+]#[C-])cc5[N+]#[C-])ccc43)c2[N+]#[C-])c([N+]#[C-])c1. The van der Waals surface area contributed by atoms with Gasteiger partial charge in [0.05, 0.1) is 77.9 Å². The van der Waals surface area contributed by atoms with Crippen molar-refractivity contribution >= 4 is 72.0 Å². The predicted molar refractivity (Wildman–Crippen MR) is 247 cm³/mol. The number of aromatic nitrogens is 2. The molecule has 8 nitrogen and oxygen atoms in total. The molecule has 0 amide bonds. The van der Waals surface area contributed by atoms with E-state index in [2.05, 4.69) is 63.7 Å². The maximum Gasteiger partial charge on any atom is 0.234 e. The van der Waals surface area contributed by atoms with Gasteiger partial charge in [0, 0.05) is 21.5 Å². The number of fused-ring (bicyclic) bond motifs is 6. The number of hydrogen-bond acceptors (Lipinski definition) is 1. The second-order valence-corrected chi connectivity index (χ2v) is 14.7. The maximum absolute atomic E-state index is 9.98. The molecule has 8 aromatic carbocycles. The highest BCUT2D eigenvalue weighted by Gasteiger charge is 2.25. The van der Waals surface area contributed by atoms with Crippen LogP contribution in [0.4, 0.5) is 28.4 Å². The Bertz CT molecular complexity index is 3840. The number of para-hydroxylation sites is 2. The number of nitriles is 1. The van der Waals surface area contributed by atoms with Crippen LogP contribution in [0.1, 0.15) is 5.56 Å². The summed E-state index contributed by atoms with van der Waals surface area (Å²) in [4.78, 5) is 19.0. The summed E-state index contributed by atoms with van der Waals surface area (Å²) in [7, 11) is 0. The zero-order chi connectivity index (χ0) is 42.5. The van der Waals surface area contributed by atoms with Crippen molar-refractivity contribution in [3.8, 4) is 50.8 Å². The number of rotatable bonds is 5. The van der Waals surface area contributed by atoms with E-state index in [0.29, 0.717) is 45.4 Å². The Morgan fingerprint density at radius 1 is 0.403 bits per heavy atom. The normalized spacial score (nSPS) is 10.8. The van der Waals surface area contributed by atoms with Crippen molar-refractivity contribution in [2.24, 2.45) is 0 Å². The van der Waals surface area contributed by atoms with Crippen LogP contribution >= 0.6 is 0 Å².